The van der Waals surface area contributed by atoms with Crippen molar-refractivity contribution in [2.75, 3.05) is 27.3 Å². The molecule has 3 aromatic rings. The number of amides is 1. The number of rotatable bonds is 6. The van der Waals surface area contributed by atoms with Crippen LogP contribution in [0.2, 0.25) is 0 Å². The summed E-state index contributed by atoms with van der Waals surface area (Å²) in [7, 11) is 3.46. The summed E-state index contributed by atoms with van der Waals surface area (Å²) in [5.41, 5.74) is 3.05. The van der Waals surface area contributed by atoms with E-state index in [0.29, 0.717) is 37.3 Å². The second kappa shape index (κ2) is 13.5. The van der Waals surface area contributed by atoms with Crippen LogP contribution in [0, 0.1) is 37.0 Å². The highest BCUT2D eigenvalue weighted by Gasteiger charge is 2.61. The Morgan fingerprint density at radius 1 is 1.02 bits per heavy atom. The van der Waals surface area contributed by atoms with Gasteiger partial charge >= 0.3 is 5.97 Å². The number of nitrogens with zero attached hydrogens (tertiary/aromatic N) is 3. The number of ether oxygens (including phenoxy) is 3. The van der Waals surface area contributed by atoms with Crippen molar-refractivity contribution in [3.63, 3.8) is 0 Å². The Bertz CT molecular complexity index is 1720. The fourth-order valence-electron chi connectivity index (χ4n) is 7.49. The average Bonchev–Trinajstić information content (AvgIpc) is 3.59. The molecule has 1 amide bonds. The Morgan fingerprint density at radius 3 is 2.60 bits per heavy atom. The number of ketones is 1. The van der Waals surface area contributed by atoms with Gasteiger partial charge < -0.3 is 19.1 Å². The largest absolute Gasteiger partial charge is 0.496 e. The lowest BCUT2D eigenvalue weighted by Crippen LogP contribution is -2.38. The maximum atomic E-state index is 14.2. The van der Waals surface area contributed by atoms with Gasteiger partial charge in [-0.25, -0.2) is 4.98 Å². The molecule has 47 heavy (non-hydrogen) atoms. The Kier molecular flexibility index (Phi) is 9.35. The highest BCUT2D eigenvalue weighted by atomic mass is 16.5. The number of fused-ring (bicyclic) bond motifs is 3. The van der Waals surface area contributed by atoms with Gasteiger partial charge in [0, 0.05) is 48.6 Å². The van der Waals surface area contributed by atoms with E-state index in [1.165, 1.54) is 0 Å². The molecule has 0 bridgehead atoms. The lowest BCUT2D eigenvalue weighted by atomic mass is 9.84. The summed E-state index contributed by atoms with van der Waals surface area (Å²) in [6.45, 7) is 6.60. The molecule has 0 spiro atoms. The molecule has 248 valence electrons. The number of aryl methyl sites for hydroxylation is 2. The Balaban J connectivity index is 1.35. The number of allylic oxidation sites excluding steroid dienone is 2. The molecule has 1 aliphatic heterocycles. The third-order valence-corrected chi connectivity index (χ3v) is 10.2. The molecule has 0 radical (unpaired) electrons. The highest BCUT2D eigenvalue weighted by molar-refractivity contribution is 5.95. The normalized spacial score (nSPS) is 27.0. The van der Waals surface area contributed by atoms with Gasteiger partial charge in [0.2, 0.25) is 5.91 Å². The van der Waals surface area contributed by atoms with E-state index in [0.717, 1.165) is 52.9 Å². The van der Waals surface area contributed by atoms with Gasteiger partial charge in [-0.1, -0.05) is 18.2 Å². The minimum atomic E-state index is -0.847. The molecule has 9 heteroatoms. The lowest BCUT2D eigenvalue weighted by molar-refractivity contribution is -0.152. The zero-order valence-corrected chi connectivity index (χ0v) is 28.1. The number of benzene rings is 1. The number of Topliss-reactive ketones (excluding diaryl/α,β-unsaturated/α-hetero) is 1. The number of pyridine rings is 2. The van der Waals surface area contributed by atoms with E-state index in [1.807, 2.05) is 57.3 Å². The van der Waals surface area contributed by atoms with Gasteiger partial charge in [-0.2, -0.15) is 0 Å². The molecule has 5 atom stereocenters. The summed E-state index contributed by atoms with van der Waals surface area (Å²) < 4.78 is 17.9. The van der Waals surface area contributed by atoms with E-state index < -0.39 is 17.3 Å². The average molecular weight is 640 g/mol. The molecule has 3 heterocycles. The van der Waals surface area contributed by atoms with Crippen molar-refractivity contribution in [1.29, 1.82) is 0 Å². The smallest absolute Gasteiger partial charge is 0.313 e. The fourth-order valence-corrected chi connectivity index (χ4v) is 7.49. The van der Waals surface area contributed by atoms with Crippen LogP contribution in [0.3, 0.4) is 0 Å². The van der Waals surface area contributed by atoms with E-state index in [2.05, 4.69) is 12.2 Å². The van der Waals surface area contributed by atoms with E-state index in [-0.39, 0.29) is 42.7 Å². The molecular formula is C38H45N3O6. The predicted molar refractivity (Wildman–Crippen MR) is 179 cm³/mol. The quantitative estimate of drug-likeness (QED) is 0.225. The number of esters is 1. The fraction of sp³-hybridized carbons (Fsp3) is 0.500. The summed E-state index contributed by atoms with van der Waals surface area (Å²) in [5.74, 6) is -0.167. The minimum absolute atomic E-state index is 0.0178. The van der Waals surface area contributed by atoms with Gasteiger partial charge in [-0.05, 0) is 89.5 Å². The van der Waals surface area contributed by atoms with E-state index in [4.69, 9.17) is 24.2 Å². The van der Waals surface area contributed by atoms with Crippen LogP contribution in [0.15, 0.2) is 48.6 Å². The molecule has 1 aromatic carbocycles. The number of hydrogen-bond acceptors (Lipinski definition) is 8. The standard InChI is InChI=1S/C38H45N3O6/c1-6-46-37(44)38-21-25(38)13-9-7-8-10-17-41(4)36(43)29-19-26(18-28(29)32(42)22-38)47-34-20-31(30-14-11-12-23(2)39-30)40-35-24(3)33(45-5)16-15-27(34)35/h9,11-16,20,25-26,28-29H,6-8,10,17-19,21-22H2,1-5H3/b13-9-/t25-,26-,28-,29-,38-/m1/s1. The summed E-state index contributed by atoms with van der Waals surface area (Å²) in [6, 6.07) is 11.6. The molecule has 6 rings (SSSR count). The SMILES string of the molecule is CCOC(=O)[C@]12CC(=O)[C@@H]3C[C@@H](Oc4cc(-c5cccc(C)n5)nc5c(C)c(OC)ccc45)C[C@H]3C(=O)N(C)CCCC/C=C\[C@@H]1C2. The number of hydrogen-bond donors (Lipinski definition) is 0. The Labute approximate surface area is 276 Å². The van der Waals surface area contributed by atoms with Crippen molar-refractivity contribution in [3.05, 3.63) is 59.8 Å². The third-order valence-electron chi connectivity index (χ3n) is 10.2. The monoisotopic (exact) mass is 639 g/mol. The summed E-state index contributed by atoms with van der Waals surface area (Å²) in [5, 5.41) is 0.821. The van der Waals surface area contributed by atoms with Crippen molar-refractivity contribution < 1.29 is 28.6 Å². The number of methoxy groups -OCH3 is 1. The van der Waals surface area contributed by atoms with Crippen LogP contribution < -0.4 is 9.47 Å². The van der Waals surface area contributed by atoms with Crippen molar-refractivity contribution >= 4 is 28.6 Å². The second-order valence-corrected chi connectivity index (χ2v) is 13.4. The van der Waals surface area contributed by atoms with Crippen molar-refractivity contribution in [3.8, 4) is 22.9 Å². The summed E-state index contributed by atoms with van der Waals surface area (Å²) >= 11 is 0. The van der Waals surface area contributed by atoms with E-state index >= 15 is 0 Å². The zero-order valence-electron chi connectivity index (χ0n) is 28.1. The molecular weight excluding hydrogens is 594 g/mol. The van der Waals surface area contributed by atoms with Gasteiger partial charge in [0.25, 0.3) is 0 Å². The van der Waals surface area contributed by atoms with E-state index in [1.54, 1.807) is 18.9 Å². The highest BCUT2D eigenvalue weighted by Crippen LogP contribution is 2.58. The van der Waals surface area contributed by atoms with Crippen LogP contribution in [0.1, 0.15) is 63.1 Å². The maximum absolute atomic E-state index is 14.2. The molecule has 2 fully saturated rings. The first-order valence-electron chi connectivity index (χ1n) is 16.9. The van der Waals surface area contributed by atoms with Crippen LogP contribution >= 0.6 is 0 Å². The number of carbonyl (C=O) groups excluding carboxylic acids is 3. The zero-order chi connectivity index (χ0) is 33.3. The number of aromatic nitrogens is 2. The Morgan fingerprint density at radius 2 is 1.83 bits per heavy atom. The maximum Gasteiger partial charge on any atom is 0.313 e. The van der Waals surface area contributed by atoms with Crippen LogP contribution in [0.5, 0.6) is 11.5 Å². The lowest BCUT2D eigenvalue weighted by Gasteiger charge is -2.25. The first-order chi connectivity index (χ1) is 22.6. The van der Waals surface area contributed by atoms with Crippen LogP contribution in [-0.2, 0) is 19.1 Å². The predicted octanol–water partition coefficient (Wildman–Crippen LogP) is 6.42. The molecule has 2 aliphatic carbocycles. The third kappa shape index (κ3) is 6.49. The molecule has 0 N–H and O–H groups in total. The van der Waals surface area contributed by atoms with Crippen LogP contribution in [0.25, 0.3) is 22.3 Å². The Hall–Kier alpha value is -4.27. The van der Waals surface area contributed by atoms with Crippen LogP contribution in [0.4, 0.5) is 0 Å². The minimum Gasteiger partial charge on any atom is -0.496 e. The van der Waals surface area contributed by atoms with Crippen molar-refractivity contribution in [2.24, 2.45) is 23.2 Å². The molecule has 0 unspecified atom stereocenters. The van der Waals surface area contributed by atoms with Gasteiger partial charge in [0.1, 0.15) is 23.4 Å². The molecule has 0 saturated heterocycles. The molecule has 3 aliphatic rings. The second-order valence-electron chi connectivity index (χ2n) is 13.4. The van der Waals surface area contributed by atoms with Gasteiger partial charge in [-0.3, -0.25) is 19.4 Å². The van der Waals surface area contributed by atoms with Crippen molar-refractivity contribution in [1.82, 2.24) is 14.9 Å². The van der Waals surface area contributed by atoms with Crippen LogP contribution in [-0.4, -0.2) is 65.9 Å². The van der Waals surface area contributed by atoms with Crippen molar-refractivity contribution in [2.45, 2.75) is 71.8 Å². The van der Waals surface area contributed by atoms with Gasteiger partial charge in [-0.15, -0.1) is 0 Å². The summed E-state index contributed by atoms with van der Waals surface area (Å²) in [6.07, 6.45) is 7.98. The first kappa shape index (κ1) is 32.7. The molecule has 2 aromatic heterocycles. The van der Waals surface area contributed by atoms with Gasteiger partial charge in [0.15, 0.2) is 0 Å². The van der Waals surface area contributed by atoms with Gasteiger partial charge in [0.05, 0.1) is 42.0 Å². The van der Waals surface area contributed by atoms with E-state index in [9.17, 15) is 14.4 Å². The summed E-state index contributed by atoms with van der Waals surface area (Å²) in [4.78, 5) is 52.8. The molecule has 2 saturated carbocycles. The molecule has 9 nitrogen and oxygen atoms in total. The topological polar surface area (TPSA) is 108 Å². The number of carbonyl (C=O) groups is 3. The first-order valence-corrected chi connectivity index (χ1v) is 16.9.